The van der Waals surface area contributed by atoms with E-state index in [0.717, 1.165) is 0 Å². The van der Waals surface area contributed by atoms with E-state index in [1.165, 1.54) is 0 Å². The number of benzene rings is 1. The molecule has 1 aromatic rings. The molecule has 0 atom stereocenters. The van der Waals surface area contributed by atoms with E-state index in [1.54, 1.807) is 18.2 Å². The molecule has 0 fully saturated rings. The van der Waals surface area contributed by atoms with E-state index in [9.17, 15) is 0 Å². The number of hydrogen-bond acceptors (Lipinski definition) is 3. The molecule has 0 aliphatic heterocycles. The van der Waals surface area contributed by atoms with Crippen LogP contribution in [0.15, 0.2) is 18.2 Å². The van der Waals surface area contributed by atoms with E-state index in [-0.39, 0.29) is 29.6 Å². The van der Waals surface area contributed by atoms with Crippen molar-refractivity contribution in [3.05, 3.63) is 35.2 Å². The predicted octanol–water partition coefficient (Wildman–Crippen LogP) is -0.443. The summed E-state index contributed by atoms with van der Waals surface area (Å²) in [6.07, 6.45) is 0. The molecule has 1 aromatic carbocycles. The summed E-state index contributed by atoms with van der Waals surface area (Å²) in [6.45, 7) is 3.89. The molecule has 0 unspecified atom stereocenters. The average Bonchev–Trinajstić information content (AvgIpc) is 2.07. The third-order valence-electron chi connectivity index (χ3n) is 1.15. The first-order chi connectivity index (χ1) is 7.24. The zero-order valence-corrected chi connectivity index (χ0v) is 13.3. The van der Waals surface area contributed by atoms with Gasteiger partial charge in [-0.3, -0.25) is 9.11 Å². The molecule has 92 valence electrons. The fourth-order valence-electron chi connectivity index (χ4n) is 0.702. The standard InChI is InChI=1S/C8H7Cl2O.Na.H2O4S/c1-2-11-8-4-3-6(9)5-7(8)10;;1-5(2,3)4/h3-5H,1-2H2;;(H2,1,2,3,4)/q-1;+1;. The van der Waals surface area contributed by atoms with Gasteiger partial charge in [0.1, 0.15) is 5.75 Å². The fourth-order valence-corrected chi connectivity index (χ4v) is 1.17. The van der Waals surface area contributed by atoms with Crippen molar-refractivity contribution in [1.82, 2.24) is 0 Å². The van der Waals surface area contributed by atoms with Crippen LogP contribution >= 0.6 is 23.2 Å². The summed E-state index contributed by atoms with van der Waals surface area (Å²) in [5, 5.41) is 1.12. The van der Waals surface area contributed by atoms with Gasteiger partial charge in [-0.2, -0.15) is 8.42 Å². The van der Waals surface area contributed by atoms with E-state index in [4.69, 9.17) is 45.5 Å². The summed E-state index contributed by atoms with van der Waals surface area (Å²) < 4.78 is 36.7. The molecule has 0 bridgehead atoms. The zero-order valence-electron chi connectivity index (χ0n) is 8.93. The Balaban J connectivity index is 0. The maximum atomic E-state index is 8.74. The van der Waals surface area contributed by atoms with Crippen LogP contribution in [0.5, 0.6) is 5.75 Å². The summed E-state index contributed by atoms with van der Waals surface area (Å²) >= 11 is 11.4. The van der Waals surface area contributed by atoms with Crippen LogP contribution in [0.2, 0.25) is 10.0 Å². The maximum absolute atomic E-state index is 8.74. The van der Waals surface area contributed by atoms with Crippen LogP contribution in [-0.2, 0) is 10.4 Å². The Morgan fingerprint density at radius 2 is 1.76 bits per heavy atom. The molecule has 0 heterocycles. The predicted molar refractivity (Wildman–Crippen MR) is 61.5 cm³/mol. The fraction of sp³-hybridized carbons (Fsp3) is 0.125. The van der Waals surface area contributed by atoms with Crippen LogP contribution < -0.4 is 34.3 Å². The molecular weight excluding hydrogens is 302 g/mol. The van der Waals surface area contributed by atoms with Crippen LogP contribution in [0.1, 0.15) is 0 Å². The molecule has 5 nitrogen and oxygen atoms in total. The first-order valence-electron chi connectivity index (χ1n) is 3.81. The normalized spacial score (nSPS) is 9.71. The summed E-state index contributed by atoms with van der Waals surface area (Å²) in [5.74, 6) is 0.617. The Bertz CT molecular complexity index is 430. The number of ether oxygens (including phenoxy) is 1. The molecule has 0 aromatic heterocycles. The number of rotatable bonds is 2. The van der Waals surface area contributed by atoms with Crippen molar-refractivity contribution in [1.29, 1.82) is 0 Å². The van der Waals surface area contributed by atoms with Gasteiger partial charge in [-0.1, -0.05) is 23.2 Å². The third-order valence-corrected chi connectivity index (χ3v) is 1.68. The molecule has 0 saturated carbocycles. The number of halogens is 2. The summed E-state index contributed by atoms with van der Waals surface area (Å²) in [5.41, 5.74) is 0. The van der Waals surface area contributed by atoms with Crippen LogP contribution in [0.3, 0.4) is 0 Å². The van der Waals surface area contributed by atoms with Gasteiger partial charge in [-0.25, -0.2) is 0 Å². The molecule has 2 N–H and O–H groups in total. The zero-order chi connectivity index (χ0) is 12.8. The molecule has 0 amide bonds. The summed E-state index contributed by atoms with van der Waals surface area (Å²) in [7, 11) is -4.67. The van der Waals surface area contributed by atoms with Gasteiger partial charge in [0, 0.05) is 5.02 Å². The second kappa shape index (κ2) is 9.41. The second-order valence-electron chi connectivity index (χ2n) is 2.37. The largest absolute Gasteiger partial charge is 1.00 e. The van der Waals surface area contributed by atoms with Crippen molar-refractivity contribution >= 4 is 33.6 Å². The Hall–Kier alpha value is 0.470. The van der Waals surface area contributed by atoms with Crippen LogP contribution in [0.4, 0.5) is 0 Å². The van der Waals surface area contributed by atoms with Gasteiger partial charge in [0.15, 0.2) is 0 Å². The topological polar surface area (TPSA) is 83.8 Å². The van der Waals surface area contributed by atoms with E-state index in [2.05, 4.69) is 6.92 Å². The molecular formula is C8H9Cl2NaO5S. The average molecular weight is 311 g/mol. The molecule has 17 heavy (non-hydrogen) atoms. The van der Waals surface area contributed by atoms with Crippen molar-refractivity contribution in [2.24, 2.45) is 0 Å². The van der Waals surface area contributed by atoms with Gasteiger partial charge in [0.05, 0.1) is 5.02 Å². The van der Waals surface area contributed by atoms with Gasteiger partial charge in [-0.05, 0) is 24.8 Å². The van der Waals surface area contributed by atoms with Gasteiger partial charge in [-0.15, -0.1) is 0 Å². The van der Waals surface area contributed by atoms with Gasteiger partial charge < -0.3 is 11.7 Å². The number of hydrogen-bond donors (Lipinski definition) is 2. The van der Waals surface area contributed by atoms with Crippen molar-refractivity contribution in [3.63, 3.8) is 0 Å². The van der Waals surface area contributed by atoms with Gasteiger partial charge in [0.2, 0.25) is 0 Å². The Morgan fingerprint density at radius 1 is 1.29 bits per heavy atom. The van der Waals surface area contributed by atoms with E-state index < -0.39 is 10.4 Å². The summed E-state index contributed by atoms with van der Waals surface area (Å²) in [4.78, 5) is 0. The maximum Gasteiger partial charge on any atom is 1.00 e. The Labute approximate surface area is 132 Å². The van der Waals surface area contributed by atoms with Crippen molar-refractivity contribution in [2.45, 2.75) is 0 Å². The first kappa shape index (κ1) is 19.8. The smallest absolute Gasteiger partial charge is 0.524 e. The second-order valence-corrected chi connectivity index (χ2v) is 4.11. The van der Waals surface area contributed by atoms with E-state index >= 15 is 0 Å². The van der Waals surface area contributed by atoms with Crippen LogP contribution in [-0.4, -0.2) is 24.1 Å². The van der Waals surface area contributed by atoms with Crippen LogP contribution in [0.25, 0.3) is 0 Å². The van der Waals surface area contributed by atoms with Crippen molar-refractivity contribution < 1.29 is 51.8 Å². The van der Waals surface area contributed by atoms with Crippen LogP contribution in [0, 0.1) is 6.92 Å². The summed E-state index contributed by atoms with van der Waals surface area (Å²) in [6, 6.07) is 5.07. The van der Waals surface area contributed by atoms with Crippen molar-refractivity contribution in [2.75, 3.05) is 6.61 Å². The van der Waals surface area contributed by atoms with Crippen molar-refractivity contribution in [3.8, 4) is 5.75 Å². The SMILES string of the molecule is O=S(=O)(O)O.[CH2-]COc1ccc(Cl)cc1Cl.[Na+]. The minimum absolute atomic E-state index is 0. The minimum Gasteiger partial charge on any atom is -0.524 e. The third kappa shape index (κ3) is 12.7. The molecule has 0 radical (unpaired) electrons. The first-order valence-corrected chi connectivity index (χ1v) is 5.96. The molecule has 9 heteroatoms. The molecule has 0 aliphatic carbocycles. The Morgan fingerprint density at radius 3 is 2.12 bits per heavy atom. The molecule has 1 rings (SSSR count). The molecule has 0 spiro atoms. The molecule has 0 saturated heterocycles. The van der Waals surface area contributed by atoms with E-state index in [0.29, 0.717) is 22.4 Å². The quantitative estimate of drug-likeness (QED) is 0.439. The van der Waals surface area contributed by atoms with Gasteiger partial charge in [0.25, 0.3) is 0 Å². The van der Waals surface area contributed by atoms with Gasteiger partial charge >= 0.3 is 40.0 Å². The Kier molecular flexibility index (Phi) is 11.0. The van der Waals surface area contributed by atoms with E-state index in [1.807, 2.05) is 0 Å². The monoisotopic (exact) mass is 310 g/mol. The molecule has 0 aliphatic rings. The minimum atomic E-state index is -4.67.